The van der Waals surface area contributed by atoms with Crippen molar-refractivity contribution < 1.29 is 19.5 Å². The first-order valence-electron chi connectivity index (χ1n) is 4.43. The lowest BCUT2D eigenvalue weighted by Gasteiger charge is -2.05. The summed E-state index contributed by atoms with van der Waals surface area (Å²) in [5.41, 5.74) is 0.850. The Balaban J connectivity index is 2.55. The van der Waals surface area contributed by atoms with E-state index < -0.39 is 18.5 Å². The molecule has 1 rings (SSSR count). The van der Waals surface area contributed by atoms with E-state index in [0.717, 1.165) is 0 Å². The third-order valence-electron chi connectivity index (χ3n) is 1.68. The minimum Gasteiger partial charge on any atom is -0.480 e. The lowest BCUT2D eigenvalue weighted by atomic mass is 10.2. The van der Waals surface area contributed by atoms with E-state index in [1.807, 2.05) is 0 Å². The Labute approximate surface area is 91.3 Å². The van der Waals surface area contributed by atoms with E-state index in [1.54, 1.807) is 18.2 Å². The molecule has 0 bridgehead atoms. The number of urea groups is 1. The molecule has 0 aliphatic heterocycles. The summed E-state index contributed by atoms with van der Waals surface area (Å²) in [6.07, 6.45) is 0.653. The van der Waals surface area contributed by atoms with Crippen molar-refractivity contribution >= 4 is 24.0 Å². The second-order valence-electron chi connectivity index (χ2n) is 2.94. The molecule has 0 aromatic heterocycles. The zero-order valence-corrected chi connectivity index (χ0v) is 8.27. The first kappa shape index (κ1) is 11.7. The van der Waals surface area contributed by atoms with Crippen LogP contribution < -0.4 is 10.6 Å². The van der Waals surface area contributed by atoms with Gasteiger partial charge in [-0.3, -0.25) is 9.59 Å². The second-order valence-corrected chi connectivity index (χ2v) is 2.94. The molecular formula is C10H10N2O4. The van der Waals surface area contributed by atoms with Crippen molar-refractivity contribution in [3.05, 3.63) is 29.8 Å². The van der Waals surface area contributed by atoms with Gasteiger partial charge in [-0.1, -0.05) is 12.1 Å². The Morgan fingerprint density at radius 1 is 1.38 bits per heavy atom. The zero-order chi connectivity index (χ0) is 12.0. The third-order valence-corrected chi connectivity index (χ3v) is 1.68. The summed E-state index contributed by atoms with van der Waals surface area (Å²) in [4.78, 5) is 31.8. The van der Waals surface area contributed by atoms with Crippen molar-refractivity contribution in [3.8, 4) is 0 Å². The predicted molar refractivity (Wildman–Crippen MR) is 56.5 cm³/mol. The standard InChI is InChI=1S/C10H10N2O4/c13-6-7-2-1-3-8(4-7)12-10(16)11-5-9(14)15/h1-4,6H,5H2,(H,14,15)(H2,11,12,16). The molecule has 6 nitrogen and oxygen atoms in total. The molecule has 0 unspecified atom stereocenters. The van der Waals surface area contributed by atoms with Gasteiger partial charge < -0.3 is 15.7 Å². The Hall–Kier alpha value is -2.37. The molecule has 6 heteroatoms. The molecule has 16 heavy (non-hydrogen) atoms. The maximum atomic E-state index is 11.1. The second kappa shape index (κ2) is 5.50. The fourth-order valence-electron chi connectivity index (χ4n) is 1.02. The molecule has 0 saturated carbocycles. The number of benzene rings is 1. The number of nitrogens with one attached hydrogen (secondary N) is 2. The van der Waals surface area contributed by atoms with Gasteiger partial charge in [0.25, 0.3) is 0 Å². The van der Waals surface area contributed by atoms with Crippen LogP contribution in [-0.4, -0.2) is 29.9 Å². The number of aldehydes is 1. The molecule has 0 radical (unpaired) electrons. The summed E-state index contributed by atoms with van der Waals surface area (Å²) in [6.45, 7) is -0.459. The highest BCUT2D eigenvalue weighted by atomic mass is 16.4. The molecule has 2 amide bonds. The van der Waals surface area contributed by atoms with Crippen LogP contribution in [0.5, 0.6) is 0 Å². The molecule has 84 valence electrons. The van der Waals surface area contributed by atoms with Crippen LogP contribution in [0.25, 0.3) is 0 Å². The number of carboxylic acids is 1. The number of aliphatic carboxylic acids is 1. The van der Waals surface area contributed by atoms with Gasteiger partial charge in [-0.25, -0.2) is 4.79 Å². The molecule has 0 fully saturated rings. The number of carboxylic acid groups (broad SMARTS) is 1. The average Bonchev–Trinajstić information content (AvgIpc) is 2.26. The molecular weight excluding hydrogens is 212 g/mol. The normalized spacial score (nSPS) is 9.25. The highest BCUT2D eigenvalue weighted by Crippen LogP contribution is 2.08. The fourth-order valence-corrected chi connectivity index (χ4v) is 1.02. The molecule has 0 atom stereocenters. The van der Waals surface area contributed by atoms with E-state index in [1.165, 1.54) is 6.07 Å². The number of anilines is 1. The smallest absolute Gasteiger partial charge is 0.323 e. The SMILES string of the molecule is O=Cc1cccc(NC(=O)NCC(=O)O)c1. The topological polar surface area (TPSA) is 95.5 Å². The van der Waals surface area contributed by atoms with Gasteiger partial charge >= 0.3 is 12.0 Å². The molecule has 0 spiro atoms. The van der Waals surface area contributed by atoms with E-state index in [0.29, 0.717) is 17.5 Å². The van der Waals surface area contributed by atoms with E-state index in [-0.39, 0.29) is 0 Å². The van der Waals surface area contributed by atoms with Crippen LogP contribution in [0.15, 0.2) is 24.3 Å². The largest absolute Gasteiger partial charge is 0.480 e. The van der Waals surface area contributed by atoms with Crippen LogP contribution in [0, 0.1) is 0 Å². The molecule has 0 saturated heterocycles. The Bertz CT molecular complexity index is 417. The summed E-state index contributed by atoms with van der Waals surface area (Å²) in [6, 6.07) is 5.63. The van der Waals surface area contributed by atoms with Crippen molar-refractivity contribution in [3.63, 3.8) is 0 Å². The molecule has 0 heterocycles. The minimum absolute atomic E-state index is 0.424. The lowest BCUT2D eigenvalue weighted by molar-refractivity contribution is -0.135. The number of hydrogen-bond donors (Lipinski definition) is 3. The van der Waals surface area contributed by atoms with E-state index in [9.17, 15) is 14.4 Å². The first-order chi connectivity index (χ1) is 7.61. The molecule has 0 aliphatic carbocycles. The van der Waals surface area contributed by atoms with Gasteiger partial charge in [0.05, 0.1) is 0 Å². The van der Waals surface area contributed by atoms with Gasteiger partial charge in [0.15, 0.2) is 0 Å². The van der Waals surface area contributed by atoms with Gasteiger partial charge in [0.2, 0.25) is 0 Å². The van der Waals surface area contributed by atoms with Gasteiger partial charge in [-0.15, -0.1) is 0 Å². The Morgan fingerprint density at radius 3 is 2.75 bits per heavy atom. The van der Waals surface area contributed by atoms with E-state index in [2.05, 4.69) is 10.6 Å². The minimum atomic E-state index is -1.13. The third kappa shape index (κ3) is 3.79. The number of amides is 2. The lowest BCUT2D eigenvalue weighted by Crippen LogP contribution is -2.33. The van der Waals surface area contributed by atoms with E-state index in [4.69, 9.17) is 5.11 Å². The van der Waals surface area contributed by atoms with E-state index >= 15 is 0 Å². The summed E-state index contributed by atoms with van der Waals surface area (Å²) in [5, 5.41) is 12.9. The maximum Gasteiger partial charge on any atom is 0.323 e. The highest BCUT2D eigenvalue weighted by Gasteiger charge is 2.03. The van der Waals surface area contributed by atoms with Gasteiger partial charge in [-0.05, 0) is 12.1 Å². The Kier molecular flexibility index (Phi) is 4.02. The summed E-state index contributed by atoms with van der Waals surface area (Å²) in [7, 11) is 0. The maximum absolute atomic E-state index is 11.1. The van der Waals surface area contributed by atoms with Crippen LogP contribution in [0.4, 0.5) is 10.5 Å². The van der Waals surface area contributed by atoms with Crippen LogP contribution in [0.3, 0.4) is 0 Å². The van der Waals surface area contributed by atoms with Crippen molar-refractivity contribution in [1.82, 2.24) is 5.32 Å². The predicted octanol–water partition coefficient (Wildman–Crippen LogP) is 0.705. The fraction of sp³-hybridized carbons (Fsp3) is 0.100. The van der Waals surface area contributed by atoms with Crippen LogP contribution in [-0.2, 0) is 4.79 Å². The Morgan fingerprint density at radius 2 is 2.12 bits per heavy atom. The molecule has 1 aromatic rings. The van der Waals surface area contributed by atoms with Crippen molar-refractivity contribution in [1.29, 1.82) is 0 Å². The number of carbonyl (C=O) groups excluding carboxylic acids is 2. The van der Waals surface area contributed by atoms with Crippen LogP contribution in [0.2, 0.25) is 0 Å². The molecule has 0 aliphatic rings. The molecule has 3 N–H and O–H groups in total. The monoisotopic (exact) mass is 222 g/mol. The van der Waals surface area contributed by atoms with Crippen LogP contribution >= 0.6 is 0 Å². The molecule has 1 aromatic carbocycles. The van der Waals surface area contributed by atoms with Crippen molar-refractivity contribution in [2.45, 2.75) is 0 Å². The van der Waals surface area contributed by atoms with Crippen LogP contribution in [0.1, 0.15) is 10.4 Å². The summed E-state index contributed by atoms with van der Waals surface area (Å²) in [5.74, 6) is -1.13. The van der Waals surface area contributed by atoms with Crippen molar-refractivity contribution in [2.24, 2.45) is 0 Å². The number of carbonyl (C=O) groups is 3. The first-order valence-corrected chi connectivity index (χ1v) is 4.43. The van der Waals surface area contributed by atoms with Gasteiger partial charge in [-0.2, -0.15) is 0 Å². The van der Waals surface area contributed by atoms with Gasteiger partial charge in [0, 0.05) is 11.3 Å². The van der Waals surface area contributed by atoms with Crippen molar-refractivity contribution in [2.75, 3.05) is 11.9 Å². The number of hydrogen-bond acceptors (Lipinski definition) is 3. The summed E-state index contributed by atoms with van der Waals surface area (Å²) < 4.78 is 0. The van der Waals surface area contributed by atoms with Gasteiger partial charge in [0.1, 0.15) is 12.8 Å². The zero-order valence-electron chi connectivity index (χ0n) is 8.27. The quantitative estimate of drug-likeness (QED) is 0.653. The average molecular weight is 222 g/mol. The highest BCUT2D eigenvalue weighted by molar-refractivity contribution is 5.92. The summed E-state index contributed by atoms with van der Waals surface area (Å²) >= 11 is 0. The number of rotatable bonds is 4.